The molecule has 2 unspecified atom stereocenters. The highest BCUT2D eigenvalue weighted by Gasteiger charge is 2.44. The topological polar surface area (TPSA) is 80.6 Å². The predicted molar refractivity (Wildman–Crippen MR) is 107 cm³/mol. The molecule has 2 saturated heterocycles. The van der Waals surface area contributed by atoms with Gasteiger partial charge < -0.3 is 19.1 Å². The SMILES string of the molecule is Cn1cnnc1-c1ccccc1C(=O)N1CC2CN(C(=O)OC(C)(C)C)CC2C1. The first-order valence-corrected chi connectivity index (χ1v) is 9.93. The Morgan fingerprint density at radius 2 is 1.66 bits per heavy atom. The van der Waals surface area contributed by atoms with E-state index >= 15 is 0 Å². The van der Waals surface area contributed by atoms with Crippen molar-refractivity contribution in [1.29, 1.82) is 0 Å². The van der Waals surface area contributed by atoms with Crippen LogP contribution < -0.4 is 0 Å². The second-order valence-electron chi connectivity index (χ2n) is 8.93. The van der Waals surface area contributed by atoms with Gasteiger partial charge in [-0.3, -0.25) is 4.79 Å². The van der Waals surface area contributed by atoms with Crippen LogP contribution in [0.3, 0.4) is 0 Å². The third-order valence-corrected chi connectivity index (χ3v) is 5.53. The van der Waals surface area contributed by atoms with Crippen LogP contribution in [-0.4, -0.2) is 68.3 Å². The number of likely N-dealkylation sites (tertiary alicyclic amines) is 2. The molecular weight excluding hydrogens is 370 g/mol. The summed E-state index contributed by atoms with van der Waals surface area (Å²) in [6.45, 7) is 8.18. The molecule has 0 saturated carbocycles. The maximum absolute atomic E-state index is 13.3. The highest BCUT2D eigenvalue weighted by Crippen LogP contribution is 2.33. The molecule has 4 rings (SSSR count). The van der Waals surface area contributed by atoms with Gasteiger partial charge in [0.1, 0.15) is 11.9 Å². The van der Waals surface area contributed by atoms with E-state index < -0.39 is 5.60 Å². The number of hydrogen-bond acceptors (Lipinski definition) is 5. The molecule has 154 valence electrons. The Balaban J connectivity index is 1.45. The number of amides is 2. The molecule has 2 atom stereocenters. The van der Waals surface area contributed by atoms with E-state index in [0.29, 0.717) is 37.6 Å². The van der Waals surface area contributed by atoms with Crippen LogP contribution in [0.25, 0.3) is 11.4 Å². The van der Waals surface area contributed by atoms with Crippen LogP contribution in [0.15, 0.2) is 30.6 Å². The first-order valence-electron chi connectivity index (χ1n) is 9.93. The number of ether oxygens (including phenoxy) is 1. The van der Waals surface area contributed by atoms with Crippen molar-refractivity contribution in [3.63, 3.8) is 0 Å². The van der Waals surface area contributed by atoms with Gasteiger partial charge in [-0.25, -0.2) is 4.79 Å². The summed E-state index contributed by atoms with van der Waals surface area (Å²) in [5.41, 5.74) is 0.915. The zero-order valence-electron chi connectivity index (χ0n) is 17.3. The van der Waals surface area contributed by atoms with Crippen molar-refractivity contribution >= 4 is 12.0 Å². The minimum atomic E-state index is -0.500. The largest absolute Gasteiger partial charge is 0.444 e. The summed E-state index contributed by atoms with van der Waals surface area (Å²) in [7, 11) is 1.86. The highest BCUT2D eigenvalue weighted by atomic mass is 16.6. The van der Waals surface area contributed by atoms with Gasteiger partial charge >= 0.3 is 6.09 Å². The second-order valence-corrected chi connectivity index (χ2v) is 8.93. The van der Waals surface area contributed by atoms with Crippen molar-refractivity contribution in [2.45, 2.75) is 26.4 Å². The molecule has 2 aliphatic rings. The number of aryl methyl sites for hydroxylation is 1. The molecule has 0 spiro atoms. The van der Waals surface area contributed by atoms with Crippen molar-refractivity contribution in [3.05, 3.63) is 36.2 Å². The molecule has 2 fully saturated rings. The van der Waals surface area contributed by atoms with E-state index in [1.165, 1.54) is 0 Å². The molecule has 0 bridgehead atoms. The number of rotatable bonds is 2. The van der Waals surface area contributed by atoms with Gasteiger partial charge in [-0.05, 0) is 26.8 Å². The Bertz CT molecular complexity index is 918. The van der Waals surface area contributed by atoms with Crippen molar-refractivity contribution in [1.82, 2.24) is 24.6 Å². The van der Waals surface area contributed by atoms with Gasteiger partial charge in [0.15, 0.2) is 5.82 Å². The summed E-state index contributed by atoms with van der Waals surface area (Å²) in [5, 5.41) is 8.09. The van der Waals surface area contributed by atoms with Crippen molar-refractivity contribution in [3.8, 4) is 11.4 Å². The second kappa shape index (κ2) is 7.17. The summed E-state index contributed by atoms with van der Waals surface area (Å²) < 4.78 is 7.30. The number of carbonyl (C=O) groups is 2. The number of benzene rings is 1. The molecule has 8 nitrogen and oxygen atoms in total. The molecule has 29 heavy (non-hydrogen) atoms. The molecule has 2 aliphatic heterocycles. The zero-order chi connectivity index (χ0) is 20.8. The Morgan fingerprint density at radius 1 is 1.03 bits per heavy atom. The number of aromatic nitrogens is 3. The fourth-order valence-corrected chi connectivity index (χ4v) is 4.20. The lowest BCUT2D eigenvalue weighted by Gasteiger charge is -2.26. The summed E-state index contributed by atoms with van der Waals surface area (Å²) >= 11 is 0. The van der Waals surface area contributed by atoms with E-state index in [2.05, 4.69) is 10.2 Å². The van der Waals surface area contributed by atoms with Crippen molar-refractivity contribution < 1.29 is 14.3 Å². The van der Waals surface area contributed by atoms with Gasteiger partial charge in [0, 0.05) is 50.6 Å². The van der Waals surface area contributed by atoms with Crippen LogP contribution in [0.2, 0.25) is 0 Å². The van der Waals surface area contributed by atoms with E-state index in [1.807, 2.05) is 61.6 Å². The lowest BCUT2D eigenvalue weighted by Crippen LogP contribution is -2.38. The number of fused-ring (bicyclic) bond motifs is 1. The van der Waals surface area contributed by atoms with E-state index in [9.17, 15) is 9.59 Å². The Labute approximate surface area is 170 Å². The third-order valence-electron chi connectivity index (χ3n) is 5.53. The van der Waals surface area contributed by atoms with Crippen LogP contribution in [0.4, 0.5) is 4.79 Å². The lowest BCUT2D eigenvalue weighted by molar-refractivity contribution is 0.0275. The minimum absolute atomic E-state index is 0.00168. The van der Waals surface area contributed by atoms with E-state index in [0.717, 1.165) is 5.56 Å². The Morgan fingerprint density at radius 3 is 2.24 bits per heavy atom. The summed E-state index contributed by atoms with van der Waals surface area (Å²) in [4.78, 5) is 29.3. The maximum atomic E-state index is 13.3. The number of nitrogens with zero attached hydrogens (tertiary/aromatic N) is 5. The smallest absolute Gasteiger partial charge is 0.410 e. The van der Waals surface area contributed by atoms with E-state index in [-0.39, 0.29) is 23.8 Å². The minimum Gasteiger partial charge on any atom is -0.444 e. The van der Waals surface area contributed by atoms with Gasteiger partial charge in [-0.15, -0.1) is 10.2 Å². The highest BCUT2D eigenvalue weighted by molar-refractivity contribution is 6.00. The van der Waals surface area contributed by atoms with Gasteiger partial charge in [-0.1, -0.05) is 18.2 Å². The molecule has 0 aliphatic carbocycles. The van der Waals surface area contributed by atoms with Crippen molar-refractivity contribution in [2.24, 2.45) is 18.9 Å². The molecule has 0 radical (unpaired) electrons. The fourth-order valence-electron chi connectivity index (χ4n) is 4.20. The molecular formula is C21H27N5O3. The number of hydrogen-bond donors (Lipinski definition) is 0. The van der Waals surface area contributed by atoms with Gasteiger partial charge in [0.05, 0.1) is 5.56 Å². The lowest BCUT2D eigenvalue weighted by atomic mass is 10.0. The van der Waals surface area contributed by atoms with Crippen LogP contribution in [-0.2, 0) is 11.8 Å². The number of carbonyl (C=O) groups excluding carboxylic acids is 2. The van der Waals surface area contributed by atoms with Crippen LogP contribution in [0, 0.1) is 11.8 Å². The molecule has 3 heterocycles. The summed E-state index contributed by atoms with van der Waals surface area (Å²) in [6.07, 6.45) is 1.36. The van der Waals surface area contributed by atoms with Crippen molar-refractivity contribution in [2.75, 3.05) is 26.2 Å². The summed E-state index contributed by atoms with van der Waals surface area (Å²) in [6, 6.07) is 7.51. The molecule has 1 aromatic heterocycles. The molecule has 2 amide bonds. The molecule has 0 N–H and O–H groups in total. The predicted octanol–water partition coefficient (Wildman–Crippen LogP) is 2.42. The van der Waals surface area contributed by atoms with Crippen LogP contribution >= 0.6 is 0 Å². The van der Waals surface area contributed by atoms with E-state index in [4.69, 9.17) is 4.74 Å². The standard InChI is InChI=1S/C21H27N5O3/c1-21(2,3)29-20(28)26-11-14-9-25(10-15(14)12-26)19(27)17-8-6-5-7-16(17)18-23-22-13-24(18)4/h5-8,13-15H,9-12H2,1-4H3. The quantitative estimate of drug-likeness (QED) is 0.777. The Hall–Kier alpha value is -2.90. The third kappa shape index (κ3) is 3.83. The summed E-state index contributed by atoms with van der Waals surface area (Å²) in [5.74, 6) is 1.24. The average molecular weight is 397 g/mol. The van der Waals surface area contributed by atoms with Gasteiger partial charge in [0.25, 0.3) is 5.91 Å². The van der Waals surface area contributed by atoms with Gasteiger partial charge in [-0.2, -0.15) is 0 Å². The average Bonchev–Trinajstić information content (AvgIpc) is 3.34. The molecule has 8 heteroatoms. The Kier molecular flexibility index (Phi) is 4.80. The van der Waals surface area contributed by atoms with Crippen LogP contribution in [0.1, 0.15) is 31.1 Å². The zero-order valence-corrected chi connectivity index (χ0v) is 17.3. The first kappa shape index (κ1) is 19.4. The molecule has 2 aromatic rings. The molecule has 1 aromatic carbocycles. The monoisotopic (exact) mass is 397 g/mol. The maximum Gasteiger partial charge on any atom is 0.410 e. The van der Waals surface area contributed by atoms with Crippen LogP contribution in [0.5, 0.6) is 0 Å². The first-order chi connectivity index (χ1) is 13.7. The van der Waals surface area contributed by atoms with E-state index in [1.54, 1.807) is 11.2 Å². The fraction of sp³-hybridized carbons (Fsp3) is 0.524. The van der Waals surface area contributed by atoms with Gasteiger partial charge in [0.2, 0.25) is 0 Å². The normalized spacial score (nSPS) is 21.4.